The Bertz CT molecular complexity index is 1180. The monoisotopic (exact) mass is 507 g/mol. The van der Waals surface area contributed by atoms with Gasteiger partial charge in [0.2, 0.25) is 5.91 Å². The molecule has 2 aromatic carbocycles. The average Bonchev–Trinajstić information content (AvgIpc) is 2.79. The molecule has 2 rings (SSSR count). The molecule has 0 spiro atoms. The Hall–Kier alpha value is -2.66. The minimum atomic E-state index is -4.50. The highest BCUT2D eigenvalue weighted by atomic mass is 32.2. The van der Waals surface area contributed by atoms with E-state index in [0.717, 1.165) is 0 Å². The maximum absolute atomic E-state index is 12.7. The van der Waals surface area contributed by atoms with E-state index in [-0.39, 0.29) is 47.0 Å². The molecule has 10 heteroatoms. The summed E-state index contributed by atoms with van der Waals surface area (Å²) in [4.78, 5) is 36.8. The van der Waals surface area contributed by atoms with Crippen molar-refractivity contribution in [1.29, 1.82) is 0 Å². The number of ether oxygens (including phenoxy) is 2. The van der Waals surface area contributed by atoms with Gasteiger partial charge in [-0.05, 0) is 58.1 Å². The Morgan fingerprint density at radius 3 is 2.29 bits per heavy atom. The third-order valence-corrected chi connectivity index (χ3v) is 6.85. The number of benzene rings is 2. The molecule has 2 unspecified atom stereocenters. The van der Waals surface area contributed by atoms with Crippen molar-refractivity contribution < 1.29 is 36.8 Å². The lowest BCUT2D eigenvalue weighted by Gasteiger charge is -2.27. The Balaban J connectivity index is 2.04. The fourth-order valence-electron chi connectivity index (χ4n) is 3.82. The van der Waals surface area contributed by atoms with Gasteiger partial charge in [-0.1, -0.05) is 24.3 Å². The van der Waals surface area contributed by atoms with Crippen molar-refractivity contribution in [3.63, 3.8) is 0 Å². The lowest BCUT2D eigenvalue weighted by molar-refractivity contribution is -0.150. The summed E-state index contributed by atoms with van der Waals surface area (Å²) in [6, 6.07) is 9.32. The maximum Gasteiger partial charge on any atom is 0.295 e. The Kier molecular flexibility index (Phi) is 9.68. The van der Waals surface area contributed by atoms with Gasteiger partial charge >= 0.3 is 0 Å². The van der Waals surface area contributed by atoms with E-state index in [2.05, 4.69) is 5.32 Å². The van der Waals surface area contributed by atoms with Crippen LogP contribution < -0.4 is 5.32 Å². The van der Waals surface area contributed by atoms with Gasteiger partial charge < -0.3 is 14.8 Å². The molecule has 192 valence electrons. The zero-order chi connectivity index (χ0) is 26.4. The van der Waals surface area contributed by atoms with Gasteiger partial charge in [-0.15, -0.1) is 0 Å². The van der Waals surface area contributed by atoms with Gasteiger partial charge in [0.05, 0.1) is 0 Å². The molecule has 0 bridgehead atoms. The minimum absolute atomic E-state index is 0.0116. The number of fused-ring (bicyclic) bond motifs is 1. The quantitative estimate of drug-likeness (QED) is 0.391. The molecule has 0 saturated carbocycles. The smallest absolute Gasteiger partial charge is 0.295 e. The molecule has 0 aliphatic carbocycles. The molecule has 2 atom stereocenters. The highest BCUT2D eigenvalue weighted by Gasteiger charge is 2.32. The van der Waals surface area contributed by atoms with Crippen molar-refractivity contribution in [2.45, 2.75) is 63.6 Å². The average molecular weight is 508 g/mol. The molecule has 0 radical (unpaired) electrons. The molecule has 2 N–H and O–H groups in total. The summed E-state index contributed by atoms with van der Waals surface area (Å²) >= 11 is 0. The van der Waals surface area contributed by atoms with Gasteiger partial charge in [-0.2, -0.15) is 8.42 Å². The zero-order valence-corrected chi connectivity index (χ0v) is 21.5. The third kappa shape index (κ3) is 7.66. The lowest BCUT2D eigenvalue weighted by Crippen LogP contribution is -2.42. The SMILES string of the molecule is COC(C)C(=O)C(C)(C)OCCC(CCC(=O)Nc1cccc2cccc(S(=O)(=O)O)c12)C(C)=O. The molecular weight excluding hydrogens is 474 g/mol. The molecule has 0 fully saturated rings. The van der Waals surface area contributed by atoms with Crippen LogP contribution >= 0.6 is 0 Å². The fraction of sp³-hybridized carbons (Fsp3) is 0.480. The van der Waals surface area contributed by atoms with Gasteiger partial charge in [0.1, 0.15) is 22.4 Å². The van der Waals surface area contributed by atoms with Crippen LogP contribution in [0.2, 0.25) is 0 Å². The summed E-state index contributed by atoms with van der Waals surface area (Å²) < 4.78 is 44.0. The van der Waals surface area contributed by atoms with Gasteiger partial charge in [-0.3, -0.25) is 18.9 Å². The van der Waals surface area contributed by atoms with Crippen LogP contribution in [0, 0.1) is 5.92 Å². The first kappa shape index (κ1) is 28.6. The topological polar surface area (TPSA) is 136 Å². The van der Waals surface area contributed by atoms with Crippen LogP contribution in [0.3, 0.4) is 0 Å². The first-order chi connectivity index (χ1) is 16.3. The van der Waals surface area contributed by atoms with Crippen LogP contribution in [0.15, 0.2) is 41.3 Å². The van der Waals surface area contributed by atoms with Crippen LogP contribution in [0.4, 0.5) is 5.69 Å². The molecule has 9 nitrogen and oxygen atoms in total. The van der Waals surface area contributed by atoms with Gasteiger partial charge in [0.25, 0.3) is 10.1 Å². The predicted octanol–water partition coefficient (Wildman–Crippen LogP) is 3.80. The second-order valence-electron chi connectivity index (χ2n) is 8.92. The summed E-state index contributed by atoms with van der Waals surface area (Å²) in [6.07, 6.45) is -0.0178. The standard InChI is InChI=1S/C25H33NO8S/c1-16(27)18(14-15-34-25(3,4)24(29)17(2)33-5)12-13-22(28)26-20-10-6-8-19-9-7-11-21(23(19)20)35(30,31)32/h6-11,17-18H,12-15H2,1-5H3,(H,26,28)(H,30,31,32). The number of ketones is 2. The molecule has 0 aliphatic heterocycles. The van der Waals surface area contributed by atoms with Crippen molar-refractivity contribution >= 4 is 44.1 Å². The van der Waals surface area contributed by atoms with Gasteiger partial charge in [0, 0.05) is 37.1 Å². The summed E-state index contributed by atoms with van der Waals surface area (Å²) in [5, 5.41) is 3.44. The second-order valence-corrected chi connectivity index (χ2v) is 10.3. The number of amides is 1. The number of hydrogen-bond acceptors (Lipinski definition) is 7. The normalized spacial score (nSPS) is 13.9. The molecule has 0 saturated heterocycles. The van der Waals surface area contributed by atoms with E-state index in [4.69, 9.17) is 9.47 Å². The maximum atomic E-state index is 12.7. The van der Waals surface area contributed by atoms with Crippen molar-refractivity contribution in [2.75, 3.05) is 19.0 Å². The Morgan fingerprint density at radius 1 is 1.09 bits per heavy atom. The number of carbonyl (C=O) groups is 3. The number of nitrogens with one attached hydrogen (secondary N) is 1. The van der Waals surface area contributed by atoms with Crippen LogP contribution in [0.5, 0.6) is 0 Å². The van der Waals surface area contributed by atoms with E-state index >= 15 is 0 Å². The minimum Gasteiger partial charge on any atom is -0.374 e. The van der Waals surface area contributed by atoms with Crippen LogP contribution in [0.1, 0.15) is 47.0 Å². The summed E-state index contributed by atoms with van der Waals surface area (Å²) in [5.74, 6) is -1.17. The largest absolute Gasteiger partial charge is 0.374 e. The van der Waals surface area contributed by atoms with Crippen LogP contribution in [-0.4, -0.2) is 55.9 Å². The second kappa shape index (κ2) is 11.9. The number of methoxy groups -OCH3 is 1. The molecule has 0 aromatic heterocycles. The predicted molar refractivity (Wildman–Crippen MR) is 132 cm³/mol. The lowest BCUT2D eigenvalue weighted by atomic mass is 9.95. The van der Waals surface area contributed by atoms with Gasteiger partial charge in [0.15, 0.2) is 5.78 Å². The van der Waals surface area contributed by atoms with Crippen LogP contribution in [-0.2, 0) is 34.0 Å². The molecular formula is C25H33NO8S. The summed E-state index contributed by atoms with van der Waals surface area (Å²) in [7, 11) is -3.06. The summed E-state index contributed by atoms with van der Waals surface area (Å²) in [6.45, 7) is 6.52. The van der Waals surface area contributed by atoms with Crippen molar-refractivity contribution in [1.82, 2.24) is 0 Å². The molecule has 0 heterocycles. The van der Waals surface area contributed by atoms with E-state index in [1.165, 1.54) is 26.2 Å². The number of anilines is 1. The van der Waals surface area contributed by atoms with E-state index in [1.807, 2.05) is 0 Å². The van der Waals surface area contributed by atoms with E-state index in [9.17, 15) is 27.4 Å². The van der Waals surface area contributed by atoms with Crippen molar-refractivity contribution in [3.05, 3.63) is 36.4 Å². The van der Waals surface area contributed by atoms with Crippen LogP contribution in [0.25, 0.3) is 10.8 Å². The van der Waals surface area contributed by atoms with Crippen molar-refractivity contribution in [3.8, 4) is 0 Å². The molecule has 0 aliphatic rings. The number of Topliss-reactive ketones (excluding diaryl/α,β-unsaturated/α-hetero) is 2. The van der Waals surface area contributed by atoms with Crippen molar-refractivity contribution in [2.24, 2.45) is 5.92 Å². The number of carbonyl (C=O) groups excluding carboxylic acids is 3. The summed E-state index contributed by atoms with van der Waals surface area (Å²) in [5.41, 5.74) is -0.830. The van der Waals surface area contributed by atoms with E-state index in [0.29, 0.717) is 11.8 Å². The van der Waals surface area contributed by atoms with Gasteiger partial charge in [-0.25, -0.2) is 0 Å². The van der Waals surface area contributed by atoms with E-state index < -0.39 is 33.6 Å². The molecule has 1 amide bonds. The van der Waals surface area contributed by atoms with E-state index in [1.54, 1.807) is 45.0 Å². The first-order valence-electron chi connectivity index (χ1n) is 11.3. The Morgan fingerprint density at radius 2 is 1.71 bits per heavy atom. The molecule has 35 heavy (non-hydrogen) atoms. The Labute approximate surface area is 205 Å². The zero-order valence-electron chi connectivity index (χ0n) is 20.7. The molecule has 2 aromatic rings. The highest BCUT2D eigenvalue weighted by Crippen LogP contribution is 2.30. The number of hydrogen-bond donors (Lipinski definition) is 2. The number of rotatable bonds is 13. The third-order valence-electron chi connectivity index (χ3n) is 5.96. The fourth-order valence-corrected chi connectivity index (χ4v) is 4.55. The highest BCUT2D eigenvalue weighted by molar-refractivity contribution is 7.86. The first-order valence-corrected chi connectivity index (χ1v) is 12.7.